The molecule has 120 valence electrons. The molecule has 0 spiro atoms. The molecule has 8 heteroatoms. The number of aromatic nitrogens is 3. The summed E-state index contributed by atoms with van der Waals surface area (Å²) in [5, 5.41) is 15.7. The van der Waals surface area contributed by atoms with Crippen molar-refractivity contribution in [1.29, 1.82) is 0 Å². The molecule has 0 unspecified atom stereocenters. The monoisotopic (exact) mass is 315 g/mol. The average Bonchev–Trinajstić information content (AvgIpc) is 2.87. The van der Waals surface area contributed by atoms with Crippen molar-refractivity contribution < 1.29 is 23.0 Å². The quantitative estimate of drug-likeness (QED) is 0.832. The number of nitrogens with zero attached hydrogens (tertiary/aromatic N) is 3. The van der Waals surface area contributed by atoms with E-state index < -0.39 is 24.2 Å². The zero-order valence-electron chi connectivity index (χ0n) is 12.0. The van der Waals surface area contributed by atoms with Crippen LogP contribution in [0.1, 0.15) is 23.4 Å². The average molecular weight is 315 g/mol. The number of hydrogen-bond acceptors (Lipinski definition) is 4. The highest BCUT2D eigenvalue weighted by atomic mass is 19.4. The van der Waals surface area contributed by atoms with Crippen LogP contribution in [0.2, 0.25) is 0 Å². The Morgan fingerprint density at radius 3 is 2.73 bits per heavy atom. The van der Waals surface area contributed by atoms with Crippen LogP contribution < -0.4 is 4.74 Å². The summed E-state index contributed by atoms with van der Waals surface area (Å²) >= 11 is 0. The molecule has 1 heterocycles. The summed E-state index contributed by atoms with van der Waals surface area (Å²) in [5.41, 5.74) is -0.432. The fourth-order valence-electron chi connectivity index (χ4n) is 2.03. The first-order chi connectivity index (χ1) is 10.4. The summed E-state index contributed by atoms with van der Waals surface area (Å²) < 4.78 is 44.9. The molecule has 0 fully saturated rings. The van der Waals surface area contributed by atoms with Crippen LogP contribution >= 0.6 is 0 Å². The molecule has 0 amide bonds. The molecule has 1 aromatic carbocycles. The van der Waals surface area contributed by atoms with E-state index >= 15 is 0 Å². The molecule has 1 aromatic heterocycles. The second-order valence-electron chi connectivity index (χ2n) is 4.78. The fourth-order valence-corrected chi connectivity index (χ4v) is 2.03. The second-order valence-corrected chi connectivity index (χ2v) is 4.78. The normalized spacial score (nSPS) is 11.7. The van der Waals surface area contributed by atoms with Crippen molar-refractivity contribution >= 4 is 0 Å². The molecule has 5 nitrogen and oxygen atoms in total. The fraction of sp³-hybridized carbons (Fsp3) is 0.429. The van der Waals surface area contributed by atoms with E-state index in [9.17, 15) is 13.2 Å². The maximum absolute atomic E-state index is 12.9. The molecular weight excluding hydrogens is 299 g/mol. The Hall–Kier alpha value is -2.09. The minimum absolute atomic E-state index is 0.00760. The number of alkyl halides is 3. The van der Waals surface area contributed by atoms with Crippen molar-refractivity contribution in [2.24, 2.45) is 0 Å². The van der Waals surface area contributed by atoms with Crippen LogP contribution in [-0.4, -0.2) is 26.7 Å². The molecule has 0 bridgehead atoms. The Bertz CT molecular complexity index is 626. The minimum atomic E-state index is -4.60. The maximum Gasteiger partial charge on any atom is 0.435 e. The van der Waals surface area contributed by atoms with Crippen molar-refractivity contribution in [3.8, 4) is 5.75 Å². The maximum atomic E-state index is 12.9. The Labute approximate surface area is 125 Å². The third-order valence-electron chi connectivity index (χ3n) is 3.00. The molecular formula is C14H16F3N3O2. The molecule has 0 aliphatic rings. The highest BCUT2D eigenvalue weighted by Crippen LogP contribution is 2.31. The van der Waals surface area contributed by atoms with Gasteiger partial charge in [0.2, 0.25) is 0 Å². The van der Waals surface area contributed by atoms with Crippen LogP contribution in [0.15, 0.2) is 24.3 Å². The summed E-state index contributed by atoms with van der Waals surface area (Å²) in [5.74, 6) is 0.672. The van der Waals surface area contributed by atoms with Gasteiger partial charge in [0.05, 0.1) is 13.2 Å². The molecule has 1 N–H and O–H groups in total. The van der Waals surface area contributed by atoms with Crippen molar-refractivity contribution in [3.63, 3.8) is 0 Å². The van der Waals surface area contributed by atoms with Crippen LogP contribution in [0.3, 0.4) is 0 Å². The largest absolute Gasteiger partial charge is 0.494 e. The van der Waals surface area contributed by atoms with E-state index in [-0.39, 0.29) is 13.2 Å². The highest BCUT2D eigenvalue weighted by molar-refractivity contribution is 5.27. The van der Waals surface area contributed by atoms with Crippen molar-refractivity contribution in [3.05, 3.63) is 41.2 Å². The number of ether oxygens (including phenoxy) is 1. The van der Waals surface area contributed by atoms with Crippen LogP contribution in [0, 0.1) is 6.92 Å². The van der Waals surface area contributed by atoms with Crippen LogP contribution in [-0.2, 0) is 19.3 Å². The summed E-state index contributed by atoms with van der Waals surface area (Å²) in [4.78, 5) is 0. The number of hydrogen-bond donors (Lipinski definition) is 1. The van der Waals surface area contributed by atoms with E-state index in [2.05, 4.69) is 10.3 Å². The van der Waals surface area contributed by atoms with E-state index in [0.29, 0.717) is 12.2 Å². The van der Waals surface area contributed by atoms with Gasteiger partial charge in [0, 0.05) is 13.0 Å². The first-order valence-electron chi connectivity index (χ1n) is 6.71. The van der Waals surface area contributed by atoms with E-state index in [4.69, 9.17) is 9.84 Å². The molecule has 0 radical (unpaired) electrons. The van der Waals surface area contributed by atoms with Crippen molar-refractivity contribution in [2.45, 2.75) is 32.7 Å². The standard InChI is InChI=1S/C14H16F3N3O2/c1-10-4-2-5-11(8-10)22-7-3-6-20-13(14(15,16)17)12(9-21)18-19-20/h2,4-5,8,21H,3,6-7,9H2,1H3. The van der Waals surface area contributed by atoms with Crippen molar-refractivity contribution in [2.75, 3.05) is 6.61 Å². The van der Waals surface area contributed by atoms with Gasteiger partial charge < -0.3 is 9.84 Å². The van der Waals surface area contributed by atoms with Gasteiger partial charge in [-0.15, -0.1) is 5.10 Å². The Balaban J connectivity index is 1.93. The third-order valence-corrected chi connectivity index (χ3v) is 3.00. The number of rotatable bonds is 6. The number of aryl methyl sites for hydroxylation is 2. The van der Waals surface area contributed by atoms with Crippen molar-refractivity contribution in [1.82, 2.24) is 15.0 Å². The van der Waals surface area contributed by atoms with Gasteiger partial charge in [0.15, 0.2) is 5.69 Å². The highest BCUT2D eigenvalue weighted by Gasteiger charge is 2.38. The number of benzene rings is 1. The van der Waals surface area contributed by atoms with Crippen LogP contribution in [0.25, 0.3) is 0 Å². The number of halogens is 3. The van der Waals surface area contributed by atoms with Gasteiger partial charge in [-0.3, -0.25) is 0 Å². The summed E-state index contributed by atoms with van der Waals surface area (Å²) in [6, 6.07) is 7.40. The lowest BCUT2D eigenvalue weighted by molar-refractivity contribution is -0.145. The smallest absolute Gasteiger partial charge is 0.435 e. The van der Waals surface area contributed by atoms with Gasteiger partial charge >= 0.3 is 6.18 Å². The molecule has 0 aliphatic carbocycles. The van der Waals surface area contributed by atoms with Gasteiger partial charge in [-0.2, -0.15) is 13.2 Å². The lowest BCUT2D eigenvalue weighted by Gasteiger charge is -2.11. The van der Waals surface area contributed by atoms with Gasteiger partial charge in [-0.1, -0.05) is 17.3 Å². The lowest BCUT2D eigenvalue weighted by Crippen LogP contribution is -2.17. The van der Waals surface area contributed by atoms with Gasteiger partial charge in [-0.05, 0) is 24.6 Å². The zero-order valence-corrected chi connectivity index (χ0v) is 12.0. The van der Waals surface area contributed by atoms with E-state index in [1.165, 1.54) is 0 Å². The van der Waals surface area contributed by atoms with E-state index in [0.717, 1.165) is 10.2 Å². The molecule has 0 saturated heterocycles. The van der Waals surface area contributed by atoms with Crippen LogP contribution in [0.4, 0.5) is 13.2 Å². The SMILES string of the molecule is Cc1cccc(OCCCn2nnc(CO)c2C(F)(F)F)c1. The summed E-state index contributed by atoms with van der Waals surface area (Å²) in [7, 11) is 0. The molecule has 2 rings (SSSR count). The van der Waals surface area contributed by atoms with E-state index in [1.807, 2.05) is 25.1 Å². The minimum Gasteiger partial charge on any atom is -0.494 e. The van der Waals surface area contributed by atoms with E-state index in [1.54, 1.807) is 6.07 Å². The van der Waals surface area contributed by atoms with Gasteiger partial charge in [-0.25, -0.2) is 4.68 Å². The third kappa shape index (κ3) is 3.97. The summed E-state index contributed by atoms with van der Waals surface area (Å²) in [6.45, 7) is 1.39. The number of aliphatic hydroxyl groups is 1. The number of aliphatic hydroxyl groups excluding tert-OH is 1. The lowest BCUT2D eigenvalue weighted by atomic mass is 10.2. The molecule has 2 aromatic rings. The van der Waals surface area contributed by atoms with Crippen LogP contribution in [0.5, 0.6) is 5.75 Å². The second kappa shape index (κ2) is 6.78. The molecule has 22 heavy (non-hydrogen) atoms. The van der Waals surface area contributed by atoms with Gasteiger partial charge in [0.25, 0.3) is 0 Å². The first kappa shape index (κ1) is 16.3. The van der Waals surface area contributed by atoms with Gasteiger partial charge in [0.1, 0.15) is 11.4 Å². The zero-order chi connectivity index (χ0) is 16.2. The molecule has 0 atom stereocenters. The molecule has 0 saturated carbocycles. The predicted molar refractivity (Wildman–Crippen MR) is 72.2 cm³/mol. The molecule has 0 aliphatic heterocycles. The topological polar surface area (TPSA) is 60.2 Å². The summed E-state index contributed by atoms with van der Waals surface area (Å²) in [6.07, 6.45) is -4.26. The first-order valence-corrected chi connectivity index (χ1v) is 6.71. The Kier molecular flexibility index (Phi) is 5.02. The Morgan fingerprint density at radius 1 is 1.32 bits per heavy atom. The predicted octanol–water partition coefficient (Wildman–Crippen LogP) is 2.57. The Morgan fingerprint density at radius 2 is 2.09 bits per heavy atom.